The Morgan fingerprint density at radius 3 is 2.80 bits per heavy atom. The zero-order valence-corrected chi connectivity index (χ0v) is 15.0. The Bertz CT molecular complexity index is 936. The van der Waals surface area contributed by atoms with Crippen molar-refractivity contribution in [3.63, 3.8) is 0 Å². The van der Waals surface area contributed by atoms with Crippen molar-refractivity contribution in [2.24, 2.45) is 0 Å². The molecule has 0 saturated heterocycles. The van der Waals surface area contributed by atoms with Crippen molar-refractivity contribution in [1.29, 1.82) is 0 Å². The zero-order valence-electron chi connectivity index (χ0n) is 14.2. The van der Waals surface area contributed by atoms with Gasteiger partial charge in [-0.3, -0.25) is 4.79 Å². The number of hydrogen-bond acceptors (Lipinski definition) is 3. The van der Waals surface area contributed by atoms with Gasteiger partial charge in [-0.2, -0.15) is 0 Å². The highest BCUT2D eigenvalue weighted by Crippen LogP contribution is 2.28. The van der Waals surface area contributed by atoms with E-state index >= 15 is 0 Å². The van der Waals surface area contributed by atoms with Crippen LogP contribution in [0.4, 0.5) is 4.39 Å². The summed E-state index contributed by atoms with van der Waals surface area (Å²) in [5, 5.41) is 0.881. The van der Waals surface area contributed by atoms with Gasteiger partial charge in [-0.1, -0.05) is 25.8 Å². The summed E-state index contributed by atoms with van der Waals surface area (Å²) in [5.74, 6) is -0.511. The van der Waals surface area contributed by atoms with Crippen molar-refractivity contribution in [3.05, 3.63) is 47.3 Å². The minimum atomic E-state index is -0.530. The van der Waals surface area contributed by atoms with Gasteiger partial charge in [0.1, 0.15) is 5.69 Å². The molecule has 0 aliphatic rings. The fraction of sp³-hybridized carbons (Fsp3) is 0.316. The molecule has 0 bridgehead atoms. The number of aryl methyl sites for hydroxylation is 1. The zero-order chi connectivity index (χ0) is 18.0. The lowest BCUT2D eigenvalue weighted by atomic mass is 10.1. The summed E-state index contributed by atoms with van der Waals surface area (Å²) >= 11 is 5.79. The van der Waals surface area contributed by atoms with E-state index in [1.54, 1.807) is 13.0 Å². The first-order valence-electron chi connectivity index (χ1n) is 8.34. The number of unbranched alkanes of at least 4 members (excludes halogenated alkanes) is 2. The van der Waals surface area contributed by atoms with E-state index in [-0.39, 0.29) is 16.8 Å². The molecular weight excluding hydrogens is 341 g/mol. The Morgan fingerprint density at radius 2 is 2.08 bits per heavy atom. The molecule has 0 amide bonds. The molecule has 130 valence electrons. The Labute approximate surface area is 150 Å². The molecule has 0 atom stereocenters. The summed E-state index contributed by atoms with van der Waals surface area (Å²) in [4.78, 5) is 19.6. The molecular formula is C19H19ClFN3O. The summed E-state index contributed by atoms with van der Waals surface area (Å²) in [7, 11) is 0. The van der Waals surface area contributed by atoms with E-state index in [9.17, 15) is 9.18 Å². The van der Waals surface area contributed by atoms with Crippen LogP contribution in [-0.4, -0.2) is 20.3 Å². The summed E-state index contributed by atoms with van der Waals surface area (Å²) in [6, 6.07) is 7.39. The minimum Gasteiger partial charge on any atom is -0.338 e. The number of halogens is 2. The first-order chi connectivity index (χ1) is 12.0. The molecule has 0 spiro atoms. The number of aromatic nitrogens is 3. The van der Waals surface area contributed by atoms with Gasteiger partial charge in [0.2, 0.25) is 5.28 Å². The van der Waals surface area contributed by atoms with E-state index in [2.05, 4.69) is 16.9 Å². The number of nitrogens with zero attached hydrogens (tertiary/aromatic N) is 3. The first-order valence-corrected chi connectivity index (χ1v) is 8.71. The van der Waals surface area contributed by atoms with Crippen LogP contribution in [0.3, 0.4) is 0 Å². The number of Topliss-reactive ketones (excluding diaryl/α,β-unsaturated/α-hetero) is 1. The Hall–Kier alpha value is -2.27. The van der Waals surface area contributed by atoms with Gasteiger partial charge < -0.3 is 4.57 Å². The van der Waals surface area contributed by atoms with Gasteiger partial charge in [0.15, 0.2) is 11.6 Å². The number of carbonyl (C=O) groups is 1. The van der Waals surface area contributed by atoms with Crippen LogP contribution in [0.5, 0.6) is 0 Å². The molecule has 2 aromatic heterocycles. The second kappa shape index (κ2) is 7.31. The van der Waals surface area contributed by atoms with Crippen molar-refractivity contribution < 1.29 is 9.18 Å². The molecule has 0 N–H and O–H groups in total. The third kappa shape index (κ3) is 3.56. The monoisotopic (exact) mass is 359 g/mol. The van der Waals surface area contributed by atoms with Crippen molar-refractivity contribution in [2.75, 3.05) is 0 Å². The minimum absolute atomic E-state index is 0.00180. The molecule has 2 heterocycles. The Kier molecular flexibility index (Phi) is 5.13. The Balaban J connectivity index is 2.09. The van der Waals surface area contributed by atoms with Crippen LogP contribution in [0.1, 0.15) is 43.6 Å². The number of hydrogen-bond donors (Lipinski definition) is 0. The number of fused-ring (bicyclic) bond motifs is 1. The van der Waals surface area contributed by atoms with Crippen molar-refractivity contribution in [3.8, 4) is 11.3 Å². The van der Waals surface area contributed by atoms with Crippen LogP contribution in [0.25, 0.3) is 22.2 Å². The van der Waals surface area contributed by atoms with Gasteiger partial charge in [0.05, 0.1) is 11.9 Å². The van der Waals surface area contributed by atoms with Crippen LogP contribution >= 0.6 is 11.6 Å². The normalized spacial score (nSPS) is 11.2. The molecule has 4 nitrogen and oxygen atoms in total. The molecule has 0 unspecified atom stereocenters. The number of rotatable bonds is 6. The highest BCUT2D eigenvalue weighted by atomic mass is 35.5. The number of ketones is 1. The molecule has 3 aromatic rings. The largest absolute Gasteiger partial charge is 0.338 e. The van der Waals surface area contributed by atoms with Gasteiger partial charge in [0.25, 0.3) is 0 Å². The quantitative estimate of drug-likeness (QED) is 0.341. The maximum Gasteiger partial charge on any atom is 0.223 e. The molecule has 0 aliphatic carbocycles. The predicted octanol–water partition coefficient (Wildman–Crippen LogP) is 5.28. The molecule has 0 saturated carbocycles. The lowest BCUT2D eigenvalue weighted by Gasteiger charge is -2.09. The van der Waals surface area contributed by atoms with Crippen molar-refractivity contribution >= 4 is 28.3 Å². The molecule has 0 radical (unpaired) electrons. The topological polar surface area (TPSA) is 47.8 Å². The van der Waals surface area contributed by atoms with Crippen molar-refractivity contribution in [2.45, 2.75) is 39.7 Å². The van der Waals surface area contributed by atoms with E-state index in [1.807, 2.05) is 22.8 Å². The maximum atomic E-state index is 14.0. The van der Waals surface area contributed by atoms with E-state index in [0.29, 0.717) is 11.3 Å². The fourth-order valence-corrected chi connectivity index (χ4v) is 3.15. The predicted molar refractivity (Wildman–Crippen MR) is 97.5 cm³/mol. The summed E-state index contributed by atoms with van der Waals surface area (Å²) < 4.78 is 16.1. The average molecular weight is 360 g/mol. The van der Waals surface area contributed by atoms with E-state index in [0.717, 1.165) is 42.9 Å². The highest BCUT2D eigenvalue weighted by molar-refractivity contribution is 6.28. The Morgan fingerprint density at radius 1 is 1.28 bits per heavy atom. The van der Waals surface area contributed by atoms with Crippen molar-refractivity contribution in [1.82, 2.24) is 14.5 Å². The average Bonchev–Trinajstić information content (AvgIpc) is 2.95. The number of benzene rings is 1. The second-order valence-electron chi connectivity index (χ2n) is 6.05. The fourth-order valence-electron chi connectivity index (χ4n) is 3.02. The molecule has 25 heavy (non-hydrogen) atoms. The van der Waals surface area contributed by atoms with Gasteiger partial charge in [-0.25, -0.2) is 14.4 Å². The van der Waals surface area contributed by atoms with Crippen LogP contribution in [0, 0.1) is 5.82 Å². The SMILES string of the molecule is CCCCCn1c(C(C)=O)cc2cc(-c3nc(Cl)ncc3F)ccc21. The molecule has 0 fully saturated rings. The smallest absolute Gasteiger partial charge is 0.223 e. The summed E-state index contributed by atoms with van der Waals surface area (Å²) in [5.41, 5.74) is 2.40. The van der Waals surface area contributed by atoms with Crippen LogP contribution in [0.15, 0.2) is 30.5 Å². The van der Waals surface area contributed by atoms with Crippen LogP contribution in [-0.2, 0) is 6.54 Å². The third-order valence-electron chi connectivity index (χ3n) is 4.24. The van der Waals surface area contributed by atoms with Gasteiger partial charge in [-0.05, 0) is 36.2 Å². The lowest BCUT2D eigenvalue weighted by molar-refractivity contribution is 0.100. The summed E-state index contributed by atoms with van der Waals surface area (Å²) in [6.07, 6.45) is 4.30. The highest BCUT2D eigenvalue weighted by Gasteiger charge is 2.15. The standard InChI is InChI=1S/C19H19ClFN3O/c1-3-4-5-8-24-16-7-6-13(9-14(16)10-17(24)12(2)25)18-15(21)11-22-19(20)23-18/h6-7,9-11H,3-5,8H2,1-2H3. The summed E-state index contributed by atoms with van der Waals surface area (Å²) in [6.45, 7) is 4.50. The van der Waals surface area contributed by atoms with E-state index < -0.39 is 5.82 Å². The van der Waals surface area contributed by atoms with E-state index in [1.165, 1.54) is 0 Å². The molecule has 1 aromatic carbocycles. The lowest BCUT2D eigenvalue weighted by Crippen LogP contribution is -2.06. The second-order valence-corrected chi connectivity index (χ2v) is 6.39. The van der Waals surface area contributed by atoms with Crippen LogP contribution < -0.4 is 0 Å². The molecule has 6 heteroatoms. The van der Waals surface area contributed by atoms with Gasteiger partial charge in [-0.15, -0.1) is 0 Å². The molecule has 0 aliphatic heterocycles. The number of carbonyl (C=O) groups excluding carboxylic acids is 1. The van der Waals surface area contributed by atoms with E-state index in [4.69, 9.17) is 11.6 Å². The molecule has 3 rings (SSSR count). The third-order valence-corrected chi connectivity index (χ3v) is 4.42. The first kappa shape index (κ1) is 17.5. The maximum absolute atomic E-state index is 14.0. The van der Waals surface area contributed by atoms with Gasteiger partial charge >= 0.3 is 0 Å². The van der Waals surface area contributed by atoms with Crippen LogP contribution in [0.2, 0.25) is 5.28 Å². The van der Waals surface area contributed by atoms with Gasteiger partial charge in [0, 0.05) is 29.9 Å².